The average Bonchev–Trinajstić information content (AvgIpc) is 2.97. The van der Waals surface area contributed by atoms with Crippen LogP contribution in [-0.4, -0.2) is 36.7 Å². The highest BCUT2D eigenvalue weighted by atomic mass is 16.4. The molecule has 1 saturated carbocycles. The number of amidine groups is 1. The third kappa shape index (κ3) is 4.35. The fraction of sp³-hybridized carbons (Fsp3) is 0.778. The summed E-state index contributed by atoms with van der Waals surface area (Å²) in [6, 6.07) is -0.514. The van der Waals surface area contributed by atoms with Crippen molar-refractivity contribution in [2.75, 3.05) is 19.6 Å². The Labute approximate surface area is 94.2 Å². The molecule has 1 rings (SSSR count). The van der Waals surface area contributed by atoms with Gasteiger partial charge in [0.1, 0.15) is 5.84 Å². The predicted octanol–water partition coefficient (Wildman–Crippen LogP) is -0.839. The number of nitrogens with one attached hydrogen (secondary N) is 2. The summed E-state index contributed by atoms with van der Waals surface area (Å²) >= 11 is 0. The summed E-state index contributed by atoms with van der Waals surface area (Å²) < 4.78 is 0. The number of hydrogen-bond acceptors (Lipinski definition) is 4. The maximum Gasteiger partial charge on any atom is 0.312 e. The van der Waals surface area contributed by atoms with Crippen LogP contribution in [0.3, 0.4) is 0 Å². The molecule has 0 atom stereocenters. The van der Waals surface area contributed by atoms with Gasteiger partial charge in [-0.3, -0.25) is 0 Å². The minimum absolute atomic E-state index is 0.142. The van der Waals surface area contributed by atoms with E-state index < -0.39 is 6.03 Å². The van der Waals surface area contributed by atoms with Crippen molar-refractivity contribution in [2.45, 2.75) is 19.3 Å². The summed E-state index contributed by atoms with van der Waals surface area (Å²) in [6.07, 6.45) is 2.78. The minimum Gasteiger partial charge on any atom is -0.409 e. The second kappa shape index (κ2) is 5.55. The van der Waals surface area contributed by atoms with Gasteiger partial charge in [-0.1, -0.05) is 5.16 Å². The van der Waals surface area contributed by atoms with Crippen LogP contribution in [0.25, 0.3) is 0 Å². The molecule has 0 heterocycles. The molecule has 0 unspecified atom stereocenters. The van der Waals surface area contributed by atoms with Crippen molar-refractivity contribution in [3.05, 3.63) is 0 Å². The summed E-state index contributed by atoms with van der Waals surface area (Å²) in [5.74, 6) is 0.273. The Balaban J connectivity index is 2.10. The van der Waals surface area contributed by atoms with Gasteiger partial charge in [-0.05, 0) is 18.3 Å². The molecule has 0 aromatic carbocycles. The summed E-state index contributed by atoms with van der Waals surface area (Å²) in [5, 5.41) is 17.2. The Morgan fingerprint density at radius 3 is 2.56 bits per heavy atom. The Hall–Kier alpha value is -1.50. The first-order valence-corrected chi connectivity index (χ1v) is 5.28. The van der Waals surface area contributed by atoms with Crippen LogP contribution in [0.4, 0.5) is 4.79 Å². The van der Waals surface area contributed by atoms with Gasteiger partial charge in [0, 0.05) is 26.1 Å². The van der Waals surface area contributed by atoms with Crippen LogP contribution < -0.4 is 22.1 Å². The number of nitrogens with two attached hydrogens (primary N) is 2. The summed E-state index contributed by atoms with van der Waals surface area (Å²) in [5.41, 5.74) is 10.5. The molecule has 0 saturated heterocycles. The Morgan fingerprint density at radius 2 is 2.06 bits per heavy atom. The van der Waals surface area contributed by atoms with Crippen LogP contribution in [-0.2, 0) is 0 Å². The lowest BCUT2D eigenvalue weighted by Gasteiger charge is -2.14. The number of oxime groups is 1. The Bertz CT molecular complexity index is 275. The zero-order valence-electron chi connectivity index (χ0n) is 9.20. The molecule has 0 radical (unpaired) electrons. The van der Waals surface area contributed by atoms with E-state index in [4.69, 9.17) is 16.7 Å². The fourth-order valence-corrected chi connectivity index (χ4v) is 1.64. The molecule has 1 aliphatic carbocycles. The van der Waals surface area contributed by atoms with Gasteiger partial charge >= 0.3 is 6.03 Å². The zero-order chi connectivity index (χ0) is 12.0. The van der Waals surface area contributed by atoms with E-state index in [1.807, 2.05) is 0 Å². The van der Waals surface area contributed by atoms with Crippen LogP contribution >= 0.6 is 0 Å². The molecule has 1 aliphatic rings. The summed E-state index contributed by atoms with van der Waals surface area (Å²) in [7, 11) is 0. The first-order chi connectivity index (χ1) is 7.58. The second-order valence-corrected chi connectivity index (χ2v) is 4.24. The smallest absolute Gasteiger partial charge is 0.312 e. The van der Waals surface area contributed by atoms with E-state index in [0.29, 0.717) is 19.5 Å². The molecule has 7 heteroatoms. The van der Waals surface area contributed by atoms with Crippen LogP contribution in [0, 0.1) is 5.41 Å². The minimum atomic E-state index is -0.514. The molecule has 92 valence electrons. The molecule has 7 nitrogen and oxygen atoms in total. The van der Waals surface area contributed by atoms with Crippen LogP contribution in [0.5, 0.6) is 0 Å². The molecule has 0 aromatic heterocycles. The third-order valence-corrected chi connectivity index (χ3v) is 2.74. The van der Waals surface area contributed by atoms with Gasteiger partial charge in [0.15, 0.2) is 0 Å². The zero-order valence-corrected chi connectivity index (χ0v) is 9.20. The predicted molar refractivity (Wildman–Crippen MR) is 60.1 cm³/mol. The summed E-state index contributed by atoms with van der Waals surface area (Å²) in [6.45, 7) is 1.99. The lowest BCUT2D eigenvalue weighted by Crippen LogP contribution is -2.37. The average molecular weight is 229 g/mol. The van der Waals surface area contributed by atoms with E-state index in [1.165, 1.54) is 0 Å². The SMILES string of the molecule is NC(=O)NCCNCC1(CC(N)=NO)CC1. The van der Waals surface area contributed by atoms with Gasteiger partial charge in [-0.25, -0.2) is 4.79 Å². The molecule has 2 amide bonds. The largest absolute Gasteiger partial charge is 0.409 e. The molecule has 0 spiro atoms. The number of hydrogen-bond donors (Lipinski definition) is 5. The fourth-order valence-electron chi connectivity index (χ4n) is 1.64. The van der Waals surface area contributed by atoms with Gasteiger partial charge in [0.2, 0.25) is 0 Å². The maximum absolute atomic E-state index is 10.4. The number of carbonyl (C=O) groups excluding carboxylic acids is 1. The van der Waals surface area contributed by atoms with E-state index in [2.05, 4.69) is 15.8 Å². The van der Waals surface area contributed by atoms with E-state index in [9.17, 15) is 4.79 Å². The van der Waals surface area contributed by atoms with Crippen LogP contribution in [0.2, 0.25) is 0 Å². The number of nitrogens with zero attached hydrogens (tertiary/aromatic N) is 1. The van der Waals surface area contributed by atoms with Gasteiger partial charge < -0.3 is 27.3 Å². The van der Waals surface area contributed by atoms with Crippen molar-refractivity contribution in [3.63, 3.8) is 0 Å². The van der Waals surface area contributed by atoms with Crippen molar-refractivity contribution >= 4 is 11.9 Å². The Kier molecular flexibility index (Phi) is 4.36. The molecule has 16 heavy (non-hydrogen) atoms. The maximum atomic E-state index is 10.4. The van der Waals surface area contributed by atoms with Crippen molar-refractivity contribution in [3.8, 4) is 0 Å². The normalized spacial score (nSPS) is 18.1. The number of primary amides is 1. The van der Waals surface area contributed by atoms with Gasteiger partial charge in [-0.15, -0.1) is 0 Å². The van der Waals surface area contributed by atoms with E-state index >= 15 is 0 Å². The first kappa shape index (κ1) is 12.6. The van der Waals surface area contributed by atoms with Crippen molar-refractivity contribution in [1.29, 1.82) is 0 Å². The number of urea groups is 1. The lowest BCUT2D eigenvalue weighted by atomic mass is 10.0. The Morgan fingerprint density at radius 1 is 1.38 bits per heavy atom. The lowest BCUT2D eigenvalue weighted by molar-refractivity contribution is 0.249. The van der Waals surface area contributed by atoms with Crippen molar-refractivity contribution in [1.82, 2.24) is 10.6 Å². The van der Waals surface area contributed by atoms with Crippen LogP contribution in [0.1, 0.15) is 19.3 Å². The molecule has 0 bridgehead atoms. The molecule has 1 fully saturated rings. The number of amides is 2. The molecule has 0 aliphatic heterocycles. The standard InChI is InChI=1S/C9H19N5O2/c10-7(14-16)5-9(1-2-9)6-12-3-4-13-8(11)15/h12,16H,1-6H2,(H2,10,14)(H3,11,13,15). The monoisotopic (exact) mass is 229 g/mol. The van der Waals surface area contributed by atoms with Crippen molar-refractivity contribution in [2.24, 2.45) is 22.0 Å². The topological polar surface area (TPSA) is 126 Å². The number of rotatable bonds is 7. The van der Waals surface area contributed by atoms with Crippen LogP contribution in [0.15, 0.2) is 5.16 Å². The highest BCUT2D eigenvalue weighted by Crippen LogP contribution is 2.48. The van der Waals surface area contributed by atoms with E-state index in [1.54, 1.807) is 0 Å². The van der Waals surface area contributed by atoms with E-state index in [-0.39, 0.29) is 11.3 Å². The highest BCUT2D eigenvalue weighted by Gasteiger charge is 2.42. The summed E-state index contributed by atoms with van der Waals surface area (Å²) in [4.78, 5) is 10.4. The first-order valence-electron chi connectivity index (χ1n) is 5.28. The molecular formula is C9H19N5O2. The second-order valence-electron chi connectivity index (χ2n) is 4.24. The van der Waals surface area contributed by atoms with Gasteiger partial charge in [-0.2, -0.15) is 0 Å². The third-order valence-electron chi connectivity index (χ3n) is 2.74. The van der Waals surface area contributed by atoms with E-state index in [0.717, 1.165) is 19.4 Å². The number of carbonyl (C=O) groups is 1. The molecule has 7 N–H and O–H groups in total. The molecular weight excluding hydrogens is 210 g/mol. The van der Waals surface area contributed by atoms with Gasteiger partial charge in [0.25, 0.3) is 0 Å². The van der Waals surface area contributed by atoms with Gasteiger partial charge in [0.05, 0.1) is 0 Å². The van der Waals surface area contributed by atoms with Crippen molar-refractivity contribution < 1.29 is 10.0 Å². The quantitative estimate of drug-likeness (QED) is 0.128. The highest BCUT2D eigenvalue weighted by molar-refractivity contribution is 5.80. The molecule has 0 aromatic rings.